The molecular formula is C12H17NO4. The maximum atomic E-state index is 11.0. The van der Waals surface area contributed by atoms with E-state index in [0.717, 1.165) is 5.56 Å². The lowest BCUT2D eigenvalue weighted by Crippen LogP contribution is -2.46. The van der Waals surface area contributed by atoms with Crippen molar-refractivity contribution in [2.24, 2.45) is 5.73 Å². The van der Waals surface area contributed by atoms with Crippen LogP contribution in [0, 0.1) is 0 Å². The number of carboxylic acids is 1. The quantitative estimate of drug-likeness (QED) is 0.802. The van der Waals surface area contributed by atoms with Crippen LogP contribution in [0.1, 0.15) is 12.5 Å². The molecule has 0 radical (unpaired) electrons. The lowest BCUT2D eigenvalue weighted by molar-refractivity contribution is -0.142. The van der Waals surface area contributed by atoms with E-state index in [0.29, 0.717) is 11.5 Å². The van der Waals surface area contributed by atoms with Crippen LogP contribution in [0.4, 0.5) is 0 Å². The van der Waals surface area contributed by atoms with E-state index >= 15 is 0 Å². The summed E-state index contributed by atoms with van der Waals surface area (Å²) in [6, 6.07) is 5.20. The fraction of sp³-hybridized carbons (Fsp3) is 0.417. The lowest BCUT2D eigenvalue weighted by Gasteiger charge is -2.20. The number of benzene rings is 1. The van der Waals surface area contributed by atoms with E-state index in [1.54, 1.807) is 25.3 Å². The molecule has 3 N–H and O–H groups in total. The standard InChI is InChI=1S/C12H17NO4/c1-12(13,11(14)15)7-8-4-5-9(16-2)6-10(8)17-3/h4-6H,7,13H2,1-3H3,(H,14,15)/t12-/m1/s1. The van der Waals surface area contributed by atoms with Crippen LogP contribution >= 0.6 is 0 Å². The Kier molecular flexibility index (Phi) is 3.96. The molecule has 5 heteroatoms. The number of rotatable bonds is 5. The van der Waals surface area contributed by atoms with Crippen molar-refractivity contribution in [2.75, 3.05) is 14.2 Å². The average molecular weight is 239 g/mol. The number of methoxy groups -OCH3 is 2. The van der Waals surface area contributed by atoms with Gasteiger partial charge in [-0.3, -0.25) is 4.79 Å². The van der Waals surface area contributed by atoms with Gasteiger partial charge in [-0.2, -0.15) is 0 Å². The molecule has 94 valence electrons. The van der Waals surface area contributed by atoms with Gasteiger partial charge in [-0.05, 0) is 18.6 Å². The summed E-state index contributed by atoms with van der Waals surface area (Å²) in [5.41, 5.74) is 5.12. The summed E-state index contributed by atoms with van der Waals surface area (Å²) in [5, 5.41) is 8.98. The van der Waals surface area contributed by atoms with Gasteiger partial charge in [-0.1, -0.05) is 6.07 Å². The third kappa shape index (κ3) is 3.10. The summed E-state index contributed by atoms with van der Waals surface area (Å²) in [5.74, 6) is 0.178. The van der Waals surface area contributed by atoms with Crippen LogP contribution in [0.25, 0.3) is 0 Å². The molecular weight excluding hydrogens is 222 g/mol. The van der Waals surface area contributed by atoms with Gasteiger partial charge in [0.25, 0.3) is 0 Å². The first-order valence-electron chi connectivity index (χ1n) is 5.14. The van der Waals surface area contributed by atoms with E-state index in [-0.39, 0.29) is 6.42 Å². The third-order valence-corrected chi connectivity index (χ3v) is 2.54. The topological polar surface area (TPSA) is 81.8 Å². The largest absolute Gasteiger partial charge is 0.497 e. The Hall–Kier alpha value is -1.75. The first kappa shape index (κ1) is 13.3. The lowest BCUT2D eigenvalue weighted by atomic mass is 9.93. The van der Waals surface area contributed by atoms with Gasteiger partial charge in [-0.15, -0.1) is 0 Å². The molecule has 1 aromatic rings. The zero-order valence-corrected chi connectivity index (χ0v) is 10.2. The normalized spacial score (nSPS) is 13.9. The molecule has 0 heterocycles. The van der Waals surface area contributed by atoms with E-state index in [1.807, 2.05) is 0 Å². The maximum absolute atomic E-state index is 11.0. The van der Waals surface area contributed by atoms with Gasteiger partial charge >= 0.3 is 5.97 Å². The van der Waals surface area contributed by atoms with Crippen molar-refractivity contribution in [1.82, 2.24) is 0 Å². The summed E-state index contributed by atoms with van der Waals surface area (Å²) in [6.07, 6.45) is 0.190. The highest BCUT2D eigenvalue weighted by molar-refractivity contribution is 5.78. The third-order valence-electron chi connectivity index (χ3n) is 2.54. The van der Waals surface area contributed by atoms with Gasteiger partial charge < -0.3 is 20.3 Å². The highest BCUT2D eigenvalue weighted by Gasteiger charge is 2.29. The van der Waals surface area contributed by atoms with E-state index in [2.05, 4.69) is 0 Å². The summed E-state index contributed by atoms with van der Waals surface area (Å²) < 4.78 is 10.2. The van der Waals surface area contributed by atoms with Gasteiger partial charge in [-0.25, -0.2) is 0 Å². The van der Waals surface area contributed by atoms with Crippen LogP contribution in [0.2, 0.25) is 0 Å². The van der Waals surface area contributed by atoms with E-state index in [9.17, 15) is 4.79 Å². The minimum atomic E-state index is -1.32. The van der Waals surface area contributed by atoms with Crippen molar-refractivity contribution >= 4 is 5.97 Å². The molecule has 5 nitrogen and oxygen atoms in total. The molecule has 1 rings (SSSR count). The van der Waals surface area contributed by atoms with Gasteiger partial charge in [0.2, 0.25) is 0 Å². The monoisotopic (exact) mass is 239 g/mol. The Morgan fingerprint density at radius 2 is 2.06 bits per heavy atom. The van der Waals surface area contributed by atoms with Crippen LogP contribution < -0.4 is 15.2 Å². The molecule has 0 aliphatic heterocycles. The first-order chi connectivity index (χ1) is 7.90. The van der Waals surface area contributed by atoms with Crippen molar-refractivity contribution < 1.29 is 19.4 Å². The van der Waals surface area contributed by atoms with Crippen LogP contribution in [0.5, 0.6) is 11.5 Å². The van der Waals surface area contributed by atoms with Crippen LogP contribution in [-0.2, 0) is 11.2 Å². The fourth-order valence-electron chi connectivity index (χ4n) is 1.47. The molecule has 17 heavy (non-hydrogen) atoms. The second kappa shape index (κ2) is 5.05. The van der Waals surface area contributed by atoms with Crippen molar-refractivity contribution in [3.05, 3.63) is 23.8 Å². The molecule has 1 atom stereocenters. The summed E-state index contributed by atoms with van der Waals surface area (Å²) in [4.78, 5) is 11.0. The summed E-state index contributed by atoms with van der Waals surface area (Å²) in [6.45, 7) is 1.47. The second-order valence-electron chi connectivity index (χ2n) is 4.08. The molecule has 0 saturated heterocycles. The molecule has 0 aromatic heterocycles. The molecule has 0 amide bonds. The van der Waals surface area contributed by atoms with E-state index < -0.39 is 11.5 Å². The summed E-state index contributed by atoms with van der Waals surface area (Å²) in [7, 11) is 3.08. The Balaban J connectivity index is 3.02. The van der Waals surface area contributed by atoms with Gasteiger partial charge in [0.1, 0.15) is 17.0 Å². The molecule has 0 spiro atoms. The van der Waals surface area contributed by atoms with Crippen molar-refractivity contribution in [3.63, 3.8) is 0 Å². The van der Waals surface area contributed by atoms with Crippen LogP contribution in [0.3, 0.4) is 0 Å². The molecule has 0 aliphatic rings. The van der Waals surface area contributed by atoms with Gasteiger partial charge in [0, 0.05) is 12.5 Å². The number of hydrogen-bond acceptors (Lipinski definition) is 4. The van der Waals surface area contributed by atoms with Crippen molar-refractivity contribution in [3.8, 4) is 11.5 Å². The Bertz CT molecular complexity index is 415. The minimum absolute atomic E-state index is 0.190. The second-order valence-corrected chi connectivity index (χ2v) is 4.08. The SMILES string of the molecule is COc1ccc(C[C@@](C)(N)C(=O)O)c(OC)c1. The van der Waals surface area contributed by atoms with Crippen LogP contribution in [0.15, 0.2) is 18.2 Å². The Morgan fingerprint density at radius 1 is 1.41 bits per heavy atom. The minimum Gasteiger partial charge on any atom is -0.497 e. The molecule has 0 saturated carbocycles. The zero-order valence-electron chi connectivity index (χ0n) is 10.2. The fourth-order valence-corrected chi connectivity index (χ4v) is 1.47. The predicted molar refractivity (Wildman–Crippen MR) is 63.5 cm³/mol. The average Bonchev–Trinajstić information content (AvgIpc) is 2.29. The predicted octanol–water partition coefficient (Wildman–Crippen LogP) is 1.05. The Labute approximate surface area is 100 Å². The number of carbonyl (C=O) groups is 1. The van der Waals surface area contributed by atoms with Crippen molar-refractivity contribution in [2.45, 2.75) is 18.9 Å². The highest BCUT2D eigenvalue weighted by atomic mass is 16.5. The number of hydrogen-bond donors (Lipinski definition) is 2. The van der Waals surface area contributed by atoms with E-state index in [1.165, 1.54) is 14.0 Å². The molecule has 0 bridgehead atoms. The number of nitrogens with two attached hydrogens (primary N) is 1. The number of carboxylic acid groups (broad SMARTS) is 1. The van der Waals surface area contributed by atoms with E-state index in [4.69, 9.17) is 20.3 Å². The first-order valence-corrected chi connectivity index (χ1v) is 5.14. The smallest absolute Gasteiger partial charge is 0.323 e. The van der Waals surface area contributed by atoms with Crippen molar-refractivity contribution in [1.29, 1.82) is 0 Å². The zero-order chi connectivity index (χ0) is 13.1. The van der Waals surface area contributed by atoms with Gasteiger partial charge in [0.05, 0.1) is 14.2 Å². The highest BCUT2D eigenvalue weighted by Crippen LogP contribution is 2.27. The number of ether oxygens (including phenoxy) is 2. The van der Waals surface area contributed by atoms with Crippen LogP contribution in [-0.4, -0.2) is 30.8 Å². The molecule has 0 aliphatic carbocycles. The molecule has 0 unspecified atom stereocenters. The number of aliphatic carboxylic acids is 1. The van der Waals surface area contributed by atoms with Gasteiger partial charge in [0.15, 0.2) is 0 Å². The molecule has 1 aromatic carbocycles. The summed E-state index contributed by atoms with van der Waals surface area (Å²) >= 11 is 0. The molecule has 0 fully saturated rings. The Morgan fingerprint density at radius 3 is 2.53 bits per heavy atom. The maximum Gasteiger partial charge on any atom is 0.323 e.